The van der Waals surface area contributed by atoms with Gasteiger partial charge in [-0.25, -0.2) is 8.78 Å². The first kappa shape index (κ1) is 25.6. The molecule has 5 rings (SSSR count). The quantitative estimate of drug-likeness (QED) is 0.259. The third kappa shape index (κ3) is 4.92. The lowest BCUT2D eigenvalue weighted by molar-refractivity contribution is -0.137. The van der Waals surface area contributed by atoms with Crippen LogP contribution in [0, 0.1) is 17.0 Å². The zero-order chi connectivity index (χ0) is 26.5. The molecular formula is C30H28F5NO. The molecule has 194 valence electrons. The van der Waals surface area contributed by atoms with Crippen molar-refractivity contribution >= 4 is 5.78 Å². The molecule has 0 N–H and O–H groups in total. The lowest BCUT2D eigenvalue weighted by Crippen LogP contribution is -2.26. The van der Waals surface area contributed by atoms with Crippen molar-refractivity contribution < 1.29 is 26.7 Å². The number of carbonyl (C=O) groups excluding carboxylic acids is 1. The highest BCUT2D eigenvalue weighted by atomic mass is 19.4. The van der Waals surface area contributed by atoms with Gasteiger partial charge in [0.25, 0.3) is 0 Å². The summed E-state index contributed by atoms with van der Waals surface area (Å²) in [5.41, 5.74) is 2.80. The molecule has 0 aliphatic heterocycles. The molecule has 0 spiro atoms. The number of hydrogen-bond acceptors (Lipinski definition) is 2. The van der Waals surface area contributed by atoms with Gasteiger partial charge in [0.05, 0.1) is 16.8 Å². The molecule has 1 saturated carbocycles. The first-order valence-electron chi connectivity index (χ1n) is 12.7. The Balaban J connectivity index is 1.77. The molecule has 2 nitrogen and oxygen atoms in total. The van der Waals surface area contributed by atoms with Gasteiger partial charge in [0, 0.05) is 17.2 Å². The van der Waals surface area contributed by atoms with Crippen LogP contribution in [0.4, 0.5) is 22.0 Å². The van der Waals surface area contributed by atoms with Crippen molar-refractivity contribution in [3.8, 4) is 11.1 Å². The summed E-state index contributed by atoms with van der Waals surface area (Å²) in [6.07, 6.45) is 1.28. The maximum atomic E-state index is 14.5. The lowest BCUT2D eigenvalue weighted by atomic mass is 9.73. The number of carbonyl (C=O) groups is 1. The number of rotatable bonds is 4. The predicted molar refractivity (Wildman–Crippen MR) is 131 cm³/mol. The van der Waals surface area contributed by atoms with E-state index in [0.29, 0.717) is 35.2 Å². The highest BCUT2D eigenvalue weighted by Crippen LogP contribution is 2.45. The van der Waals surface area contributed by atoms with Crippen molar-refractivity contribution in [2.75, 3.05) is 0 Å². The Labute approximate surface area is 212 Å². The molecule has 0 saturated heterocycles. The Hall–Kier alpha value is -3.09. The maximum absolute atomic E-state index is 14.5. The molecular weight excluding hydrogens is 485 g/mol. The van der Waals surface area contributed by atoms with E-state index in [2.05, 4.69) is 13.8 Å². The molecule has 0 amide bonds. The van der Waals surface area contributed by atoms with Crippen LogP contribution in [0.3, 0.4) is 0 Å². The fraction of sp³-hybridized carbons (Fsp3) is 0.400. The Morgan fingerprint density at radius 2 is 1.65 bits per heavy atom. The summed E-state index contributed by atoms with van der Waals surface area (Å²) in [6.45, 7) is 4.32. The minimum atomic E-state index is -4.52. The number of ketones is 1. The van der Waals surface area contributed by atoms with E-state index in [0.717, 1.165) is 67.6 Å². The Kier molecular flexibility index (Phi) is 6.45. The molecule has 7 heteroatoms. The minimum absolute atomic E-state index is 0.00276. The molecule has 0 atom stereocenters. The standard InChI is InChI=1S/C30H28F5NO/c1-29(2)14-13-21-24(16-29)36-27(17-5-3-4-6-17)26(25(21)19-9-12-22(31)23(32)15-19)28(37)18-7-10-20(11-8-18)30(33,34)35/h7-12,15,17H,3-6,13-14,16H2,1-2H3. The monoisotopic (exact) mass is 513 g/mol. The molecule has 2 aliphatic rings. The van der Waals surface area contributed by atoms with E-state index in [4.69, 9.17) is 4.98 Å². The van der Waals surface area contributed by atoms with Crippen molar-refractivity contribution in [3.05, 3.63) is 87.7 Å². The topological polar surface area (TPSA) is 30.0 Å². The van der Waals surface area contributed by atoms with Crippen LogP contribution >= 0.6 is 0 Å². The van der Waals surface area contributed by atoms with Crippen LogP contribution in [0.2, 0.25) is 0 Å². The average Bonchev–Trinajstić information content (AvgIpc) is 3.38. The number of benzene rings is 2. The summed E-state index contributed by atoms with van der Waals surface area (Å²) >= 11 is 0. The van der Waals surface area contributed by atoms with Crippen LogP contribution in [0.1, 0.15) is 90.3 Å². The first-order valence-corrected chi connectivity index (χ1v) is 12.7. The van der Waals surface area contributed by atoms with E-state index in [1.54, 1.807) is 0 Å². The summed E-state index contributed by atoms with van der Waals surface area (Å²) in [7, 11) is 0. The number of halogens is 5. The summed E-state index contributed by atoms with van der Waals surface area (Å²) in [6, 6.07) is 7.78. The molecule has 1 heterocycles. The fourth-order valence-corrected chi connectivity index (χ4v) is 5.76. The summed E-state index contributed by atoms with van der Waals surface area (Å²) in [4.78, 5) is 19.1. The van der Waals surface area contributed by atoms with Gasteiger partial charge in [-0.1, -0.05) is 44.9 Å². The Bertz CT molecular complexity index is 1350. The summed E-state index contributed by atoms with van der Waals surface area (Å²) in [5, 5.41) is 0. The molecule has 3 aromatic rings. The number of pyridine rings is 1. The van der Waals surface area contributed by atoms with Crippen LogP contribution < -0.4 is 0 Å². The van der Waals surface area contributed by atoms with Gasteiger partial charge >= 0.3 is 6.18 Å². The van der Waals surface area contributed by atoms with Gasteiger partial charge < -0.3 is 0 Å². The number of fused-ring (bicyclic) bond motifs is 1. The van der Waals surface area contributed by atoms with Crippen LogP contribution in [0.15, 0.2) is 42.5 Å². The summed E-state index contributed by atoms with van der Waals surface area (Å²) in [5.74, 6) is -2.43. The summed E-state index contributed by atoms with van der Waals surface area (Å²) < 4.78 is 67.8. The second-order valence-corrected chi connectivity index (χ2v) is 11.0. The molecule has 1 fully saturated rings. The minimum Gasteiger partial charge on any atom is -0.289 e. The molecule has 2 aliphatic carbocycles. The molecule has 2 aromatic carbocycles. The van der Waals surface area contributed by atoms with Crippen molar-refractivity contribution in [2.45, 2.75) is 70.9 Å². The second kappa shape index (κ2) is 9.34. The molecule has 37 heavy (non-hydrogen) atoms. The zero-order valence-corrected chi connectivity index (χ0v) is 20.8. The van der Waals surface area contributed by atoms with Crippen LogP contribution in [-0.2, 0) is 19.0 Å². The highest BCUT2D eigenvalue weighted by Gasteiger charge is 2.36. The molecule has 0 bridgehead atoms. The Morgan fingerprint density at radius 1 is 0.973 bits per heavy atom. The lowest BCUT2D eigenvalue weighted by Gasteiger charge is -2.34. The number of aromatic nitrogens is 1. The average molecular weight is 514 g/mol. The van der Waals surface area contributed by atoms with Crippen molar-refractivity contribution in [1.82, 2.24) is 4.98 Å². The van der Waals surface area contributed by atoms with Gasteiger partial charge in [-0.15, -0.1) is 0 Å². The van der Waals surface area contributed by atoms with E-state index in [9.17, 15) is 26.7 Å². The Morgan fingerprint density at radius 3 is 2.27 bits per heavy atom. The van der Waals surface area contributed by atoms with E-state index in [1.807, 2.05) is 0 Å². The van der Waals surface area contributed by atoms with E-state index >= 15 is 0 Å². The van der Waals surface area contributed by atoms with Gasteiger partial charge in [0.2, 0.25) is 0 Å². The normalized spacial score (nSPS) is 17.6. The second-order valence-electron chi connectivity index (χ2n) is 11.0. The molecule has 0 unspecified atom stereocenters. The van der Waals surface area contributed by atoms with Crippen LogP contribution in [0.5, 0.6) is 0 Å². The maximum Gasteiger partial charge on any atom is 0.416 e. The van der Waals surface area contributed by atoms with Crippen molar-refractivity contribution in [2.24, 2.45) is 5.41 Å². The number of hydrogen-bond donors (Lipinski definition) is 0. The fourth-order valence-electron chi connectivity index (χ4n) is 5.76. The number of alkyl halides is 3. The third-order valence-corrected chi connectivity index (χ3v) is 7.76. The predicted octanol–water partition coefficient (Wildman–Crippen LogP) is 8.45. The zero-order valence-electron chi connectivity index (χ0n) is 20.8. The smallest absolute Gasteiger partial charge is 0.289 e. The third-order valence-electron chi connectivity index (χ3n) is 7.76. The van der Waals surface area contributed by atoms with Gasteiger partial charge in [0.1, 0.15) is 0 Å². The van der Waals surface area contributed by atoms with Gasteiger partial charge in [-0.05, 0) is 78.5 Å². The first-order chi connectivity index (χ1) is 17.4. The van der Waals surface area contributed by atoms with Crippen molar-refractivity contribution in [3.63, 3.8) is 0 Å². The van der Waals surface area contributed by atoms with E-state index in [-0.39, 0.29) is 16.9 Å². The van der Waals surface area contributed by atoms with Gasteiger partial charge in [-0.2, -0.15) is 13.2 Å². The van der Waals surface area contributed by atoms with Gasteiger partial charge in [0.15, 0.2) is 17.4 Å². The highest BCUT2D eigenvalue weighted by molar-refractivity contribution is 6.14. The van der Waals surface area contributed by atoms with Crippen LogP contribution in [-0.4, -0.2) is 10.8 Å². The van der Waals surface area contributed by atoms with E-state index < -0.39 is 29.2 Å². The number of nitrogens with zero attached hydrogens (tertiary/aromatic N) is 1. The van der Waals surface area contributed by atoms with Gasteiger partial charge in [-0.3, -0.25) is 9.78 Å². The van der Waals surface area contributed by atoms with E-state index in [1.165, 1.54) is 18.2 Å². The van der Waals surface area contributed by atoms with Crippen LogP contribution in [0.25, 0.3) is 11.1 Å². The molecule has 1 aromatic heterocycles. The molecule has 0 radical (unpaired) electrons. The van der Waals surface area contributed by atoms with Crippen molar-refractivity contribution in [1.29, 1.82) is 0 Å². The largest absolute Gasteiger partial charge is 0.416 e. The SMILES string of the molecule is CC1(C)CCc2c(nc(C3CCCC3)c(C(=O)c3ccc(C(F)(F)F)cc3)c2-c2ccc(F)c(F)c2)C1.